The molecule has 0 spiro atoms. The molecule has 1 fully saturated rings. The van der Waals surface area contributed by atoms with Gasteiger partial charge in [0, 0.05) is 25.5 Å². The third-order valence-electron chi connectivity index (χ3n) is 4.12. The van der Waals surface area contributed by atoms with Gasteiger partial charge in [0.05, 0.1) is 11.1 Å². The summed E-state index contributed by atoms with van der Waals surface area (Å²) in [6.07, 6.45) is 4.84. The van der Waals surface area contributed by atoms with Crippen LogP contribution in [0.2, 0.25) is 0 Å². The Morgan fingerprint density at radius 2 is 1.84 bits per heavy atom. The first-order valence-corrected chi connectivity index (χ1v) is 9.06. The lowest BCUT2D eigenvalue weighted by molar-refractivity contribution is 0.0753. The van der Waals surface area contributed by atoms with E-state index < -0.39 is 0 Å². The molecule has 7 heteroatoms. The number of carbonyl (C=O) groups is 1. The van der Waals surface area contributed by atoms with Crippen LogP contribution in [-0.2, 0) is 11.3 Å². The predicted octanol–water partition coefficient (Wildman–Crippen LogP) is 3.67. The molecule has 0 aliphatic carbocycles. The molecular formula is C18H20BrN3O3. The first-order valence-electron chi connectivity index (χ1n) is 8.26. The summed E-state index contributed by atoms with van der Waals surface area (Å²) in [6.45, 7) is 2.24. The number of hydrogen-bond donors (Lipinski definition) is 0. The van der Waals surface area contributed by atoms with Crippen molar-refractivity contribution in [3.8, 4) is 6.01 Å². The molecule has 1 aromatic heterocycles. The highest BCUT2D eigenvalue weighted by Gasteiger charge is 2.24. The molecule has 0 atom stereocenters. The molecule has 3 rings (SSSR count). The molecular weight excluding hydrogens is 386 g/mol. The van der Waals surface area contributed by atoms with Gasteiger partial charge in [0.1, 0.15) is 6.61 Å². The first kappa shape index (κ1) is 17.7. The Balaban J connectivity index is 1.37. The zero-order valence-corrected chi connectivity index (χ0v) is 15.4. The second-order valence-corrected chi connectivity index (χ2v) is 6.88. The van der Waals surface area contributed by atoms with Gasteiger partial charge in [-0.05, 0) is 40.3 Å². The Labute approximate surface area is 155 Å². The smallest absolute Gasteiger partial charge is 0.410 e. The summed E-state index contributed by atoms with van der Waals surface area (Å²) in [4.78, 5) is 22.1. The van der Waals surface area contributed by atoms with Gasteiger partial charge in [0.2, 0.25) is 0 Å². The normalized spacial score (nSPS) is 15.0. The van der Waals surface area contributed by atoms with Gasteiger partial charge in [-0.25, -0.2) is 14.8 Å². The molecule has 0 N–H and O–H groups in total. The van der Waals surface area contributed by atoms with Crippen LogP contribution in [-0.4, -0.2) is 40.7 Å². The van der Waals surface area contributed by atoms with Crippen molar-refractivity contribution in [2.75, 3.05) is 19.7 Å². The number of hydrogen-bond acceptors (Lipinski definition) is 5. The highest BCUT2D eigenvalue weighted by molar-refractivity contribution is 9.10. The summed E-state index contributed by atoms with van der Waals surface area (Å²) in [5.74, 6) is 0.394. The second-order valence-electron chi connectivity index (χ2n) is 5.97. The van der Waals surface area contributed by atoms with E-state index >= 15 is 0 Å². The third kappa shape index (κ3) is 5.42. The zero-order chi connectivity index (χ0) is 17.5. The van der Waals surface area contributed by atoms with Gasteiger partial charge in [-0.15, -0.1) is 0 Å². The number of halogens is 1. The topological polar surface area (TPSA) is 64.5 Å². The SMILES string of the molecule is O=C(OCc1ccccc1)N1CCC(COc2ncc(Br)cn2)CC1. The molecule has 0 unspecified atom stereocenters. The third-order valence-corrected chi connectivity index (χ3v) is 4.53. The van der Waals surface area contributed by atoms with E-state index in [0.29, 0.717) is 38.2 Å². The van der Waals surface area contributed by atoms with Gasteiger partial charge in [0.15, 0.2) is 0 Å². The van der Waals surface area contributed by atoms with Crippen LogP contribution in [0.4, 0.5) is 4.79 Å². The molecule has 1 saturated heterocycles. The van der Waals surface area contributed by atoms with Crippen LogP contribution < -0.4 is 4.74 Å². The highest BCUT2D eigenvalue weighted by atomic mass is 79.9. The van der Waals surface area contributed by atoms with Gasteiger partial charge in [0.25, 0.3) is 0 Å². The molecule has 1 aromatic carbocycles. The Bertz CT molecular complexity index is 674. The van der Waals surface area contributed by atoms with E-state index in [1.165, 1.54) is 0 Å². The molecule has 1 aliphatic heterocycles. The Kier molecular flexibility index (Phi) is 6.22. The zero-order valence-electron chi connectivity index (χ0n) is 13.8. The van der Waals surface area contributed by atoms with Crippen LogP contribution in [0.3, 0.4) is 0 Å². The molecule has 0 saturated carbocycles. The lowest BCUT2D eigenvalue weighted by Crippen LogP contribution is -2.40. The maximum Gasteiger partial charge on any atom is 0.410 e. The van der Waals surface area contributed by atoms with Gasteiger partial charge in [-0.2, -0.15) is 0 Å². The second kappa shape index (κ2) is 8.80. The summed E-state index contributed by atoms with van der Waals surface area (Å²) < 4.78 is 11.8. The van der Waals surface area contributed by atoms with Crippen molar-refractivity contribution in [2.24, 2.45) is 5.92 Å². The van der Waals surface area contributed by atoms with E-state index in [1.54, 1.807) is 17.3 Å². The van der Waals surface area contributed by atoms with Crippen molar-refractivity contribution in [3.63, 3.8) is 0 Å². The van der Waals surface area contributed by atoms with Crippen LogP contribution >= 0.6 is 15.9 Å². The minimum atomic E-state index is -0.250. The van der Waals surface area contributed by atoms with Gasteiger partial charge >= 0.3 is 12.1 Å². The van der Waals surface area contributed by atoms with Crippen LogP contribution in [0, 0.1) is 5.92 Å². The standard InChI is InChI=1S/C18H20BrN3O3/c19-16-10-20-17(21-11-16)24-12-15-6-8-22(9-7-15)18(23)25-13-14-4-2-1-3-5-14/h1-5,10-11,15H,6-9,12-13H2. The fourth-order valence-electron chi connectivity index (χ4n) is 2.66. The van der Waals surface area contributed by atoms with E-state index in [9.17, 15) is 4.79 Å². The van der Waals surface area contributed by atoms with Crippen LogP contribution in [0.5, 0.6) is 6.01 Å². The average molecular weight is 406 g/mol. The number of piperidine rings is 1. The van der Waals surface area contributed by atoms with E-state index in [4.69, 9.17) is 9.47 Å². The number of rotatable bonds is 5. The summed E-state index contributed by atoms with van der Waals surface area (Å²) in [5, 5.41) is 0. The monoisotopic (exact) mass is 405 g/mol. The largest absolute Gasteiger partial charge is 0.463 e. The number of ether oxygens (including phenoxy) is 2. The number of nitrogens with zero attached hydrogens (tertiary/aromatic N) is 3. The minimum Gasteiger partial charge on any atom is -0.463 e. The van der Waals surface area contributed by atoms with Crippen LogP contribution in [0.15, 0.2) is 47.2 Å². The summed E-state index contributed by atoms with van der Waals surface area (Å²) in [6, 6.07) is 10.1. The van der Waals surface area contributed by atoms with E-state index in [1.807, 2.05) is 30.3 Å². The van der Waals surface area contributed by atoms with E-state index in [-0.39, 0.29) is 6.09 Å². The fourth-order valence-corrected chi connectivity index (χ4v) is 2.86. The lowest BCUT2D eigenvalue weighted by atomic mass is 9.98. The highest BCUT2D eigenvalue weighted by Crippen LogP contribution is 2.19. The number of likely N-dealkylation sites (tertiary alicyclic amines) is 1. The number of benzene rings is 1. The maximum absolute atomic E-state index is 12.1. The van der Waals surface area contributed by atoms with Gasteiger partial charge < -0.3 is 14.4 Å². The number of aromatic nitrogens is 2. The van der Waals surface area contributed by atoms with Crippen molar-refractivity contribution in [2.45, 2.75) is 19.4 Å². The molecule has 1 amide bonds. The van der Waals surface area contributed by atoms with Crippen molar-refractivity contribution in [3.05, 3.63) is 52.8 Å². The van der Waals surface area contributed by atoms with Crippen molar-refractivity contribution < 1.29 is 14.3 Å². The number of carbonyl (C=O) groups excluding carboxylic acids is 1. The average Bonchev–Trinajstić information content (AvgIpc) is 2.67. The summed E-state index contributed by atoms with van der Waals surface area (Å²) in [7, 11) is 0. The molecule has 6 nitrogen and oxygen atoms in total. The summed E-state index contributed by atoms with van der Waals surface area (Å²) >= 11 is 3.29. The molecule has 25 heavy (non-hydrogen) atoms. The van der Waals surface area contributed by atoms with Crippen LogP contribution in [0.25, 0.3) is 0 Å². The quantitative estimate of drug-likeness (QED) is 0.758. The summed E-state index contributed by atoms with van der Waals surface area (Å²) in [5.41, 5.74) is 0.994. The molecule has 132 valence electrons. The Hall–Kier alpha value is -2.15. The lowest BCUT2D eigenvalue weighted by Gasteiger charge is -2.30. The van der Waals surface area contributed by atoms with E-state index in [2.05, 4.69) is 25.9 Å². The molecule has 0 radical (unpaired) electrons. The first-order chi connectivity index (χ1) is 12.2. The van der Waals surface area contributed by atoms with Crippen molar-refractivity contribution in [1.82, 2.24) is 14.9 Å². The van der Waals surface area contributed by atoms with E-state index in [0.717, 1.165) is 22.9 Å². The van der Waals surface area contributed by atoms with Crippen LogP contribution in [0.1, 0.15) is 18.4 Å². The number of amides is 1. The predicted molar refractivity (Wildman–Crippen MR) is 96.2 cm³/mol. The molecule has 1 aliphatic rings. The van der Waals surface area contributed by atoms with Gasteiger partial charge in [-0.3, -0.25) is 0 Å². The van der Waals surface area contributed by atoms with Crippen molar-refractivity contribution >= 4 is 22.0 Å². The maximum atomic E-state index is 12.1. The molecule has 2 aromatic rings. The minimum absolute atomic E-state index is 0.250. The molecule has 0 bridgehead atoms. The fraction of sp³-hybridized carbons (Fsp3) is 0.389. The molecule has 2 heterocycles. The van der Waals surface area contributed by atoms with Crippen molar-refractivity contribution in [1.29, 1.82) is 0 Å². The Morgan fingerprint density at radius 1 is 1.16 bits per heavy atom. The van der Waals surface area contributed by atoms with Gasteiger partial charge in [-0.1, -0.05) is 30.3 Å². The Morgan fingerprint density at radius 3 is 2.52 bits per heavy atom.